The van der Waals surface area contributed by atoms with E-state index in [1.54, 1.807) is 78.6 Å². The number of hydrogen-bond acceptors (Lipinski definition) is 4. The molecule has 12 heteroatoms. The lowest BCUT2D eigenvalue weighted by molar-refractivity contribution is -0.137. The molecule has 0 bridgehead atoms. The van der Waals surface area contributed by atoms with Gasteiger partial charge in [0.1, 0.15) is 34.2 Å². The van der Waals surface area contributed by atoms with Gasteiger partial charge in [0.2, 0.25) is 0 Å². The predicted molar refractivity (Wildman–Crippen MR) is 157 cm³/mol. The minimum absolute atomic E-state index is 0. The quantitative estimate of drug-likeness (QED) is 0.202. The van der Waals surface area contributed by atoms with E-state index in [1.165, 1.54) is 24.3 Å². The molecule has 6 aromatic rings. The number of phenolic OH excluding ortho intramolecular Hbond substituents is 1. The fraction of sp³-hybridized carbons (Fsp3) is 0.188. The van der Waals surface area contributed by atoms with Crippen molar-refractivity contribution in [2.24, 2.45) is 0 Å². The third-order valence-electron chi connectivity index (χ3n) is 6.72. The monoisotopic (exact) mass is 614 g/mol. The highest BCUT2D eigenvalue weighted by atomic mass is 19.4. The van der Waals surface area contributed by atoms with Gasteiger partial charge in [-0.05, 0) is 62.4 Å². The number of fused-ring (bicyclic) bond motifs is 2. The molecule has 4 aromatic carbocycles. The van der Waals surface area contributed by atoms with Crippen LogP contribution in [0.25, 0.3) is 33.4 Å². The van der Waals surface area contributed by atoms with Crippen LogP contribution in [0.4, 0.5) is 26.3 Å². The van der Waals surface area contributed by atoms with Crippen LogP contribution in [0.15, 0.2) is 84.9 Å². The van der Waals surface area contributed by atoms with Gasteiger partial charge in [-0.3, -0.25) is 9.13 Å². The van der Waals surface area contributed by atoms with E-state index < -0.39 is 23.5 Å². The lowest BCUT2D eigenvalue weighted by Gasteiger charge is -2.10. The Morgan fingerprint density at radius 2 is 1.07 bits per heavy atom. The van der Waals surface area contributed by atoms with Gasteiger partial charge in [0.05, 0.1) is 40.6 Å². The number of benzene rings is 4. The Kier molecular flexibility index (Phi) is 8.67. The Balaban J connectivity index is 0.000000197. The molecule has 6 nitrogen and oxygen atoms in total. The van der Waals surface area contributed by atoms with Crippen molar-refractivity contribution >= 4 is 22.1 Å². The number of methoxy groups -OCH3 is 1. The molecule has 0 aliphatic rings. The summed E-state index contributed by atoms with van der Waals surface area (Å²) < 4.78 is 86.9. The number of aromatic hydroxyl groups is 1. The number of rotatable bonds is 3. The number of imidazole rings is 2. The van der Waals surface area contributed by atoms with Crippen LogP contribution in [-0.4, -0.2) is 31.3 Å². The summed E-state index contributed by atoms with van der Waals surface area (Å²) >= 11 is 0. The summed E-state index contributed by atoms with van der Waals surface area (Å²) in [6, 6.07) is 21.4. The topological polar surface area (TPSA) is 65.1 Å². The number of aromatic nitrogens is 4. The van der Waals surface area contributed by atoms with Crippen LogP contribution in [-0.2, 0) is 12.4 Å². The number of nitrogens with zero attached hydrogens (tertiary/aromatic N) is 4. The maximum atomic E-state index is 13.1. The zero-order valence-corrected chi connectivity index (χ0v) is 23.0. The van der Waals surface area contributed by atoms with Crippen LogP contribution in [0, 0.1) is 13.8 Å². The first-order valence-corrected chi connectivity index (χ1v) is 12.8. The number of para-hydroxylation sites is 2. The van der Waals surface area contributed by atoms with Gasteiger partial charge in [0.15, 0.2) is 0 Å². The number of aryl methyl sites for hydroxylation is 2. The largest absolute Gasteiger partial charge is 0.508 e. The molecule has 0 aliphatic carbocycles. The number of alkyl halides is 6. The van der Waals surface area contributed by atoms with Crippen LogP contribution in [0.2, 0.25) is 0 Å². The highest BCUT2D eigenvalue weighted by molar-refractivity contribution is 5.83. The molecular weight excluding hydrogens is 586 g/mol. The van der Waals surface area contributed by atoms with Crippen molar-refractivity contribution in [2.75, 3.05) is 7.11 Å². The summed E-state index contributed by atoms with van der Waals surface area (Å²) in [5.41, 5.74) is 0.416. The Morgan fingerprint density at radius 1 is 0.636 bits per heavy atom. The average molecular weight is 615 g/mol. The van der Waals surface area contributed by atoms with Crippen LogP contribution < -0.4 is 4.74 Å². The van der Waals surface area contributed by atoms with Crippen molar-refractivity contribution in [1.29, 1.82) is 0 Å². The van der Waals surface area contributed by atoms with Gasteiger partial charge in [-0.15, -0.1) is 0 Å². The highest BCUT2D eigenvalue weighted by Gasteiger charge is 2.35. The first kappa shape index (κ1) is 31.9. The Morgan fingerprint density at radius 3 is 1.50 bits per heavy atom. The van der Waals surface area contributed by atoms with Crippen molar-refractivity contribution < 1.29 is 36.2 Å². The zero-order chi connectivity index (χ0) is 31.1. The van der Waals surface area contributed by atoms with Gasteiger partial charge in [0, 0.05) is 12.1 Å². The maximum absolute atomic E-state index is 13.1. The van der Waals surface area contributed by atoms with Gasteiger partial charge < -0.3 is 9.84 Å². The minimum Gasteiger partial charge on any atom is -0.508 e. The van der Waals surface area contributed by atoms with Gasteiger partial charge in [-0.25, -0.2) is 9.97 Å². The average Bonchev–Trinajstić information content (AvgIpc) is 3.47. The van der Waals surface area contributed by atoms with E-state index >= 15 is 0 Å². The smallest absolute Gasteiger partial charge is 0.418 e. The molecule has 0 saturated carbocycles. The Hall–Kier alpha value is -5.00. The molecule has 6 rings (SSSR count). The highest BCUT2D eigenvalue weighted by Crippen LogP contribution is 2.37. The SMILES string of the molecule is C.COc1cccc(-n2c(C)nc3c(C(F)(F)F)cccc32)c1.Cc1nc2c(C(F)(F)F)cccc2n1-c1cccc(O)c1. The first-order valence-electron chi connectivity index (χ1n) is 12.8. The van der Waals surface area contributed by atoms with Gasteiger partial charge >= 0.3 is 12.4 Å². The first-order chi connectivity index (χ1) is 20.3. The fourth-order valence-electron chi connectivity index (χ4n) is 4.92. The molecular formula is C32H28F6N4O2. The molecule has 0 amide bonds. The van der Waals surface area contributed by atoms with E-state index in [9.17, 15) is 31.4 Å². The molecule has 1 N–H and O–H groups in total. The zero-order valence-electron chi connectivity index (χ0n) is 23.0. The third-order valence-corrected chi connectivity index (χ3v) is 6.72. The lowest BCUT2D eigenvalue weighted by Crippen LogP contribution is -2.05. The van der Waals surface area contributed by atoms with Gasteiger partial charge in [-0.1, -0.05) is 31.7 Å². The molecule has 2 aromatic heterocycles. The van der Waals surface area contributed by atoms with E-state index in [4.69, 9.17) is 4.74 Å². The predicted octanol–water partition coefficient (Wildman–Crippen LogP) is 9.06. The molecule has 0 spiro atoms. The molecule has 0 aliphatic heterocycles. The van der Waals surface area contributed by atoms with Crippen molar-refractivity contribution in [3.05, 3.63) is 108 Å². The van der Waals surface area contributed by atoms with Crippen LogP contribution in [0.1, 0.15) is 30.2 Å². The molecule has 2 heterocycles. The molecule has 0 unspecified atom stereocenters. The van der Waals surface area contributed by atoms with E-state index in [0.717, 1.165) is 12.1 Å². The van der Waals surface area contributed by atoms with Gasteiger partial charge in [0.25, 0.3) is 0 Å². The summed E-state index contributed by atoms with van der Waals surface area (Å²) in [5.74, 6) is 1.58. The second-order valence-electron chi connectivity index (χ2n) is 9.55. The van der Waals surface area contributed by atoms with E-state index in [-0.39, 0.29) is 24.2 Å². The number of ether oxygens (including phenoxy) is 1. The van der Waals surface area contributed by atoms with Crippen molar-refractivity contribution in [2.45, 2.75) is 33.6 Å². The summed E-state index contributed by atoms with van der Waals surface area (Å²) in [5, 5.41) is 9.54. The molecule has 0 saturated heterocycles. The summed E-state index contributed by atoms with van der Waals surface area (Å²) in [4.78, 5) is 8.16. The summed E-state index contributed by atoms with van der Waals surface area (Å²) in [6.45, 7) is 3.31. The van der Waals surface area contributed by atoms with E-state index in [0.29, 0.717) is 39.8 Å². The second-order valence-corrected chi connectivity index (χ2v) is 9.55. The number of phenols is 1. The molecule has 0 radical (unpaired) electrons. The number of hydrogen-bond donors (Lipinski definition) is 1. The van der Waals surface area contributed by atoms with Gasteiger partial charge in [-0.2, -0.15) is 26.3 Å². The standard InChI is InChI=1S/C16H13F3N2O.C15H11F3N2O.CH4/c1-10-20-15-13(16(17,18)19)7-4-8-14(15)21(10)11-5-3-6-12(9-11)22-2;1-9-19-14-12(15(16,17)18)6-3-7-13(14)20(9)10-4-2-5-11(21)8-10;/h3-9H,1-2H3;2-8,21H,1H3;1H4. The Bertz CT molecular complexity index is 1940. The van der Waals surface area contributed by atoms with Crippen molar-refractivity contribution in [3.8, 4) is 22.9 Å². The summed E-state index contributed by atoms with van der Waals surface area (Å²) in [7, 11) is 1.54. The molecule has 0 fully saturated rings. The normalized spacial score (nSPS) is 11.7. The lowest BCUT2D eigenvalue weighted by atomic mass is 10.1. The fourth-order valence-corrected chi connectivity index (χ4v) is 4.92. The molecule has 44 heavy (non-hydrogen) atoms. The third kappa shape index (κ3) is 6.05. The molecule has 0 atom stereocenters. The Labute approximate surface area is 248 Å². The van der Waals surface area contributed by atoms with E-state index in [1.807, 2.05) is 0 Å². The number of halogens is 6. The second kappa shape index (κ2) is 11.9. The maximum Gasteiger partial charge on any atom is 0.418 e. The van der Waals surface area contributed by atoms with Crippen LogP contribution >= 0.6 is 0 Å². The van der Waals surface area contributed by atoms with Crippen molar-refractivity contribution in [1.82, 2.24) is 19.1 Å². The van der Waals surface area contributed by atoms with Crippen LogP contribution in [0.5, 0.6) is 11.5 Å². The van der Waals surface area contributed by atoms with Crippen LogP contribution in [0.3, 0.4) is 0 Å². The summed E-state index contributed by atoms with van der Waals surface area (Å²) in [6.07, 6.45) is -8.89. The minimum atomic E-state index is -4.45. The van der Waals surface area contributed by atoms with E-state index in [2.05, 4.69) is 9.97 Å². The van der Waals surface area contributed by atoms with Crippen molar-refractivity contribution in [3.63, 3.8) is 0 Å². The molecule has 230 valence electrons.